The number of likely N-dealkylation sites (tertiary alicyclic amines) is 1. The molecule has 1 aliphatic carbocycles. The summed E-state index contributed by atoms with van der Waals surface area (Å²) in [5.74, 6) is 0.872. The zero-order valence-electron chi connectivity index (χ0n) is 14.3. The van der Waals surface area contributed by atoms with Crippen LogP contribution in [0.25, 0.3) is 0 Å². The highest BCUT2D eigenvalue weighted by Gasteiger charge is 2.26. The SMILES string of the molecule is O=C(NCc1cccc(CO)c1)N[C@H]1CCN(CC2CCCC2)C1. The van der Waals surface area contributed by atoms with Crippen molar-refractivity contribution in [1.82, 2.24) is 15.5 Å². The van der Waals surface area contributed by atoms with Gasteiger partial charge in [0.1, 0.15) is 0 Å². The Morgan fingerprint density at radius 1 is 1.21 bits per heavy atom. The van der Waals surface area contributed by atoms with E-state index in [4.69, 9.17) is 5.11 Å². The molecule has 3 rings (SSSR count). The average Bonchev–Trinajstić information content (AvgIpc) is 3.26. The fourth-order valence-electron chi connectivity index (χ4n) is 3.93. The Kier molecular flexibility index (Phi) is 6.10. The van der Waals surface area contributed by atoms with Crippen LogP contribution >= 0.6 is 0 Å². The van der Waals surface area contributed by atoms with Gasteiger partial charge in [-0.15, -0.1) is 0 Å². The van der Waals surface area contributed by atoms with E-state index in [1.165, 1.54) is 32.2 Å². The number of hydrogen-bond donors (Lipinski definition) is 3. The number of amides is 2. The molecule has 0 bridgehead atoms. The summed E-state index contributed by atoms with van der Waals surface area (Å²) in [6.07, 6.45) is 6.57. The molecule has 2 fully saturated rings. The molecule has 0 radical (unpaired) electrons. The molecule has 2 amide bonds. The van der Waals surface area contributed by atoms with Gasteiger partial charge in [-0.2, -0.15) is 0 Å². The highest BCUT2D eigenvalue weighted by Crippen LogP contribution is 2.26. The van der Waals surface area contributed by atoms with Crippen LogP contribution in [0.3, 0.4) is 0 Å². The van der Waals surface area contributed by atoms with Gasteiger partial charge in [-0.3, -0.25) is 0 Å². The maximum atomic E-state index is 12.1. The van der Waals surface area contributed by atoms with Gasteiger partial charge >= 0.3 is 6.03 Å². The van der Waals surface area contributed by atoms with Crippen LogP contribution in [-0.4, -0.2) is 41.7 Å². The topological polar surface area (TPSA) is 64.6 Å². The van der Waals surface area contributed by atoms with Crippen LogP contribution in [0.1, 0.15) is 43.2 Å². The fraction of sp³-hybridized carbons (Fsp3) is 0.632. The number of carbonyl (C=O) groups excluding carboxylic acids is 1. The van der Waals surface area contributed by atoms with E-state index in [2.05, 4.69) is 15.5 Å². The second-order valence-corrected chi connectivity index (χ2v) is 7.20. The van der Waals surface area contributed by atoms with Gasteiger partial charge in [0.25, 0.3) is 0 Å². The molecule has 5 nitrogen and oxygen atoms in total. The molecule has 1 atom stereocenters. The molecule has 24 heavy (non-hydrogen) atoms. The van der Waals surface area contributed by atoms with Gasteiger partial charge in [-0.25, -0.2) is 4.79 Å². The Labute approximate surface area is 144 Å². The molecule has 0 aromatic heterocycles. The number of aliphatic hydroxyl groups is 1. The predicted molar refractivity (Wildman–Crippen MR) is 94.5 cm³/mol. The molecule has 132 valence electrons. The second kappa shape index (κ2) is 8.49. The van der Waals surface area contributed by atoms with Crippen molar-refractivity contribution in [2.24, 2.45) is 5.92 Å². The number of rotatable bonds is 6. The number of aliphatic hydroxyl groups excluding tert-OH is 1. The van der Waals surface area contributed by atoms with Crippen molar-refractivity contribution >= 4 is 6.03 Å². The van der Waals surface area contributed by atoms with Gasteiger partial charge in [0.05, 0.1) is 6.61 Å². The number of carbonyl (C=O) groups is 1. The van der Waals surface area contributed by atoms with Crippen molar-refractivity contribution in [1.29, 1.82) is 0 Å². The summed E-state index contributed by atoms with van der Waals surface area (Å²) >= 11 is 0. The van der Waals surface area contributed by atoms with Crippen molar-refractivity contribution in [2.45, 2.75) is 51.3 Å². The molecule has 1 heterocycles. The summed E-state index contributed by atoms with van der Waals surface area (Å²) in [4.78, 5) is 14.6. The van der Waals surface area contributed by atoms with Gasteiger partial charge in [0, 0.05) is 32.2 Å². The van der Waals surface area contributed by atoms with Crippen molar-refractivity contribution < 1.29 is 9.90 Å². The zero-order chi connectivity index (χ0) is 16.8. The Morgan fingerprint density at radius 2 is 2.00 bits per heavy atom. The minimum absolute atomic E-state index is 0.0267. The van der Waals surface area contributed by atoms with Crippen LogP contribution in [0.5, 0.6) is 0 Å². The van der Waals surface area contributed by atoms with Crippen molar-refractivity contribution in [2.75, 3.05) is 19.6 Å². The van der Waals surface area contributed by atoms with E-state index in [1.807, 2.05) is 24.3 Å². The van der Waals surface area contributed by atoms with Gasteiger partial charge in [-0.1, -0.05) is 37.1 Å². The summed E-state index contributed by atoms with van der Waals surface area (Å²) in [7, 11) is 0. The molecule has 0 spiro atoms. The molecule has 0 unspecified atom stereocenters. The first-order valence-electron chi connectivity index (χ1n) is 9.18. The molecule has 1 aliphatic heterocycles. The Morgan fingerprint density at radius 3 is 2.79 bits per heavy atom. The monoisotopic (exact) mass is 331 g/mol. The van der Waals surface area contributed by atoms with Crippen molar-refractivity contribution in [3.05, 3.63) is 35.4 Å². The Hall–Kier alpha value is -1.59. The van der Waals surface area contributed by atoms with Crippen LogP contribution < -0.4 is 10.6 Å². The lowest BCUT2D eigenvalue weighted by Gasteiger charge is -2.20. The summed E-state index contributed by atoms with van der Waals surface area (Å²) in [6.45, 7) is 3.79. The van der Waals surface area contributed by atoms with Crippen LogP contribution in [0.2, 0.25) is 0 Å². The number of urea groups is 1. The lowest BCUT2D eigenvalue weighted by Crippen LogP contribution is -2.43. The summed E-state index contributed by atoms with van der Waals surface area (Å²) in [6, 6.07) is 7.81. The van der Waals surface area contributed by atoms with Crippen molar-refractivity contribution in [3.63, 3.8) is 0 Å². The van der Waals surface area contributed by atoms with Crippen LogP contribution in [0.15, 0.2) is 24.3 Å². The molecule has 1 aromatic carbocycles. The molecule has 1 saturated heterocycles. The fourth-order valence-corrected chi connectivity index (χ4v) is 3.93. The van der Waals surface area contributed by atoms with E-state index in [-0.39, 0.29) is 18.7 Å². The van der Waals surface area contributed by atoms with Crippen LogP contribution in [0.4, 0.5) is 4.79 Å². The second-order valence-electron chi connectivity index (χ2n) is 7.20. The van der Waals surface area contributed by atoms with E-state index in [0.29, 0.717) is 6.54 Å². The maximum Gasteiger partial charge on any atom is 0.315 e. The highest BCUT2D eigenvalue weighted by atomic mass is 16.3. The molecular formula is C19H29N3O2. The van der Waals surface area contributed by atoms with Gasteiger partial charge in [0.15, 0.2) is 0 Å². The molecule has 1 saturated carbocycles. The number of nitrogens with zero attached hydrogens (tertiary/aromatic N) is 1. The molecule has 3 N–H and O–H groups in total. The lowest BCUT2D eigenvalue weighted by atomic mass is 10.1. The molecular weight excluding hydrogens is 302 g/mol. The summed E-state index contributed by atoms with van der Waals surface area (Å²) < 4.78 is 0. The van der Waals surface area contributed by atoms with Crippen molar-refractivity contribution in [3.8, 4) is 0 Å². The third-order valence-corrected chi connectivity index (χ3v) is 5.23. The highest BCUT2D eigenvalue weighted by molar-refractivity contribution is 5.74. The van der Waals surface area contributed by atoms with Crippen LogP contribution in [-0.2, 0) is 13.2 Å². The summed E-state index contributed by atoms with van der Waals surface area (Å²) in [5.41, 5.74) is 1.87. The summed E-state index contributed by atoms with van der Waals surface area (Å²) in [5, 5.41) is 15.2. The van der Waals surface area contributed by atoms with Gasteiger partial charge in [0.2, 0.25) is 0 Å². The first-order valence-corrected chi connectivity index (χ1v) is 9.18. The molecule has 1 aromatic rings. The minimum Gasteiger partial charge on any atom is -0.392 e. The van der Waals surface area contributed by atoms with E-state index in [0.717, 1.165) is 36.6 Å². The smallest absolute Gasteiger partial charge is 0.315 e. The number of hydrogen-bond acceptors (Lipinski definition) is 3. The first-order chi connectivity index (χ1) is 11.7. The first kappa shape index (κ1) is 17.2. The van der Waals surface area contributed by atoms with Crippen LogP contribution in [0, 0.1) is 5.92 Å². The van der Waals surface area contributed by atoms with E-state index < -0.39 is 0 Å². The largest absolute Gasteiger partial charge is 0.392 e. The normalized spacial score (nSPS) is 22.0. The lowest BCUT2D eigenvalue weighted by molar-refractivity contribution is 0.234. The minimum atomic E-state index is -0.0999. The predicted octanol–water partition coefficient (Wildman–Crippen LogP) is 2.24. The number of nitrogens with one attached hydrogen (secondary N) is 2. The maximum absolute atomic E-state index is 12.1. The molecule has 5 heteroatoms. The van der Waals surface area contributed by atoms with Gasteiger partial charge in [-0.05, 0) is 36.3 Å². The van der Waals surface area contributed by atoms with Gasteiger partial charge < -0.3 is 20.6 Å². The zero-order valence-corrected chi connectivity index (χ0v) is 14.3. The van der Waals surface area contributed by atoms with E-state index in [9.17, 15) is 4.79 Å². The van der Waals surface area contributed by atoms with E-state index >= 15 is 0 Å². The quantitative estimate of drug-likeness (QED) is 0.749. The standard InChI is InChI=1S/C19H29N3O2/c23-14-17-7-3-6-16(10-17)11-20-19(24)21-18-8-9-22(13-18)12-15-4-1-2-5-15/h3,6-7,10,15,18,23H,1-2,4-5,8-9,11-14H2,(H2,20,21,24)/t18-/m0/s1. The molecule has 2 aliphatic rings. The average molecular weight is 331 g/mol. The third-order valence-electron chi connectivity index (χ3n) is 5.23. The third kappa shape index (κ3) is 4.95. The Balaban J connectivity index is 1.37. The van der Waals surface area contributed by atoms with E-state index in [1.54, 1.807) is 0 Å². The Bertz CT molecular complexity index is 543. The number of benzene rings is 1.